The van der Waals surface area contributed by atoms with E-state index in [2.05, 4.69) is 17.4 Å². The van der Waals surface area contributed by atoms with Gasteiger partial charge in [-0.25, -0.2) is 9.97 Å². The fourth-order valence-electron chi connectivity index (χ4n) is 3.71. The average Bonchev–Trinajstić information content (AvgIpc) is 2.73. The maximum atomic E-state index is 12.4. The van der Waals surface area contributed by atoms with Crippen LogP contribution in [-0.4, -0.2) is 27.7 Å². The molecular weight excluding hydrogens is 366 g/mol. The van der Waals surface area contributed by atoms with Crippen LogP contribution >= 0.6 is 11.8 Å². The van der Waals surface area contributed by atoms with Gasteiger partial charge in [0.1, 0.15) is 10.9 Å². The van der Waals surface area contributed by atoms with Crippen LogP contribution in [-0.2, 0) is 11.2 Å². The van der Waals surface area contributed by atoms with Gasteiger partial charge in [-0.05, 0) is 24.5 Å². The van der Waals surface area contributed by atoms with Gasteiger partial charge in [-0.3, -0.25) is 4.79 Å². The summed E-state index contributed by atoms with van der Waals surface area (Å²) < 4.78 is 0. The van der Waals surface area contributed by atoms with Crippen molar-refractivity contribution in [3.63, 3.8) is 0 Å². The number of hydrogen-bond acceptors (Lipinski definition) is 4. The van der Waals surface area contributed by atoms with E-state index < -0.39 is 0 Å². The number of thioether (sulfide) groups is 1. The first-order valence-corrected chi connectivity index (χ1v) is 11.0. The quantitative estimate of drug-likeness (QED) is 0.486. The molecule has 144 valence electrons. The first-order chi connectivity index (χ1) is 13.8. The summed E-state index contributed by atoms with van der Waals surface area (Å²) in [5.74, 6) is 1.28. The fourth-order valence-corrected chi connectivity index (χ4v) is 4.56. The Balaban J connectivity index is 1.49. The first-order valence-electron chi connectivity index (χ1n) is 10.00. The van der Waals surface area contributed by atoms with Crippen LogP contribution in [0.2, 0.25) is 0 Å². The SMILES string of the molecule is O=C(CSc1nc(Cc2ccccc2)nc2ccccc12)NC1CCCCC1. The molecule has 28 heavy (non-hydrogen) atoms. The van der Waals surface area contributed by atoms with Gasteiger partial charge in [0.05, 0.1) is 11.3 Å². The molecule has 1 fully saturated rings. The summed E-state index contributed by atoms with van der Waals surface area (Å²) >= 11 is 1.51. The summed E-state index contributed by atoms with van der Waals surface area (Å²) in [5, 5.41) is 5.08. The van der Waals surface area contributed by atoms with Crippen molar-refractivity contribution in [2.75, 3.05) is 5.75 Å². The summed E-state index contributed by atoms with van der Waals surface area (Å²) in [6, 6.07) is 18.6. The van der Waals surface area contributed by atoms with Crippen molar-refractivity contribution in [3.05, 3.63) is 66.0 Å². The van der Waals surface area contributed by atoms with E-state index in [1.807, 2.05) is 42.5 Å². The minimum atomic E-state index is 0.101. The minimum Gasteiger partial charge on any atom is -0.353 e. The molecule has 0 atom stereocenters. The number of amides is 1. The van der Waals surface area contributed by atoms with Crippen molar-refractivity contribution in [2.24, 2.45) is 0 Å². The molecule has 0 aliphatic heterocycles. The number of nitrogens with one attached hydrogen (secondary N) is 1. The molecule has 1 aromatic heterocycles. The number of carbonyl (C=O) groups is 1. The second-order valence-corrected chi connectivity index (χ2v) is 8.28. The number of rotatable bonds is 6. The van der Waals surface area contributed by atoms with Crippen LogP contribution in [0.3, 0.4) is 0 Å². The van der Waals surface area contributed by atoms with Crippen LogP contribution in [0.15, 0.2) is 59.6 Å². The first kappa shape index (κ1) is 18.9. The zero-order valence-corrected chi connectivity index (χ0v) is 16.8. The van der Waals surface area contributed by atoms with Crippen molar-refractivity contribution in [1.29, 1.82) is 0 Å². The average molecular weight is 392 g/mol. The van der Waals surface area contributed by atoms with E-state index in [-0.39, 0.29) is 5.91 Å². The molecule has 0 bridgehead atoms. The molecule has 3 aromatic rings. The van der Waals surface area contributed by atoms with E-state index in [0.29, 0.717) is 18.2 Å². The highest BCUT2D eigenvalue weighted by molar-refractivity contribution is 8.00. The van der Waals surface area contributed by atoms with Gasteiger partial charge in [-0.1, -0.05) is 79.6 Å². The highest BCUT2D eigenvalue weighted by atomic mass is 32.2. The van der Waals surface area contributed by atoms with Gasteiger partial charge < -0.3 is 5.32 Å². The van der Waals surface area contributed by atoms with Crippen LogP contribution in [0, 0.1) is 0 Å². The second-order valence-electron chi connectivity index (χ2n) is 7.32. The number of aromatic nitrogens is 2. The number of nitrogens with zero attached hydrogens (tertiary/aromatic N) is 2. The van der Waals surface area contributed by atoms with Gasteiger partial charge in [0.25, 0.3) is 0 Å². The van der Waals surface area contributed by atoms with Gasteiger partial charge in [0.2, 0.25) is 5.91 Å². The van der Waals surface area contributed by atoms with Crippen molar-refractivity contribution in [3.8, 4) is 0 Å². The Morgan fingerprint density at radius 3 is 2.54 bits per heavy atom. The monoisotopic (exact) mass is 391 g/mol. The molecule has 0 spiro atoms. The van der Waals surface area contributed by atoms with E-state index in [0.717, 1.165) is 34.6 Å². The Labute approximate surface area is 170 Å². The second kappa shape index (κ2) is 9.20. The predicted octanol–water partition coefficient (Wildman–Crippen LogP) is 4.76. The molecule has 1 heterocycles. The third-order valence-electron chi connectivity index (χ3n) is 5.13. The molecule has 0 radical (unpaired) electrons. The number of fused-ring (bicyclic) bond motifs is 1. The normalized spacial score (nSPS) is 14.9. The lowest BCUT2D eigenvalue weighted by Gasteiger charge is -2.22. The van der Waals surface area contributed by atoms with Crippen molar-refractivity contribution >= 4 is 28.6 Å². The highest BCUT2D eigenvalue weighted by Crippen LogP contribution is 2.26. The molecule has 5 heteroatoms. The minimum absolute atomic E-state index is 0.101. The smallest absolute Gasteiger partial charge is 0.230 e. The largest absolute Gasteiger partial charge is 0.353 e. The topological polar surface area (TPSA) is 54.9 Å². The van der Waals surface area contributed by atoms with Crippen molar-refractivity contribution in [1.82, 2.24) is 15.3 Å². The number of para-hydroxylation sites is 1. The summed E-state index contributed by atoms with van der Waals surface area (Å²) in [4.78, 5) is 21.9. The molecule has 0 saturated heterocycles. The van der Waals surface area contributed by atoms with Crippen molar-refractivity contribution in [2.45, 2.75) is 49.6 Å². The lowest BCUT2D eigenvalue weighted by atomic mass is 9.95. The Morgan fingerprint density at radius 1 is 0.964 bits per heavy atom. The fraction of sp³-hybridized carbons (Fsp3) is 0.348. The Bertz CT molecular complexity index is 939. The molecule has 1 N–H and O–H groups in total. The molecular formula is C23H25N3OS. The maximum Gasteiger partial charge on any atom is 0.230 e. The Morgan fingerprint density at radius 2 is 1.71 bits per heavy atom. The predicted molar refractivity (Wildman–Crippen MR) is 115 cm³/mol. The molecule has 1 amide bonds. The van der Waals surface area contributed by atoms with E-state index in [4.69, 9.17) is 9.97 Å². The molecule has 4 rings (SSSR count). The summed E-state index contributed by atoms with van der Waals surface area (Å²) in [7, 11) is 0. The van der Waals surface area contributed by atoms with Crippen LogP contribution in [0.1, 0.15) is 43.5 Å². The molecule has 0 unspecified atom stereocenters. The summed E-state index contributed by atoms with van der Waals surface area (Å²) in [6.45, 7) is 0. The standard InChI is InChI=1S/C23H25N3OS/c27-22(24-18-11-5-2-6-12-18)16-28-23-19-13-7-8-14-20(19)25-21(26-23)15-17-9-3-1-4-10-17/h1,3-4,7-10,13-14,18H,2,5-6,11-12,15-16H2,(H,24,27). The zero-order valence-electron chi connectivity index (χ0n) is 15.9. The Kier molecular flexibility index (Phi) is 6.22. The Hall–Kier alpha value is -2.40. The third kappa shape index (κ3) is 4.90. The molecule has 1 saturated carbocycles. The number of benzene rings is 2. The maximum absolute atomic E-state index is 12.4. The van der Waals surface area contributed by atoms with Crippen LogP contribution in [0.25, 0.3) is 10.9 Å². The van der Waals surface area contributed by atoms with E-state index in [1.54, 1.807) is 0 Å². The van der Waals surface area contributed by atoms with Gasteiger partial charge in [0, 0.05) is 17.8 Å². The number of hydrogen-bond donors (Lipinski definition) is 1. The van der Waals surface area contributed by atoms with Gasteiger partial charge >= 0.3 is 0 Å². The molecule has 1 aliphatic carbocycles. The zero-order chi connectivity index (χ0) is 19.2. The number of carbonyl (C=O) groups excluding carboxylic acids is 1. The van der Waals surface area contributed by atoms with Crippen LogP contribution in [0.4, 0.5) is 0 Å². The third-order valence-corrected chi connectivity index (χ3v) is 6.12. The van der Waals surface area contributed by atoms with Gasteiger partial charge in [0.15, 0.2) is 0 Å². The molecule has 4 nitrogen and oxygen atoms in total. The lowest BCUT2D eigenvalue weighted by molar-refractivity contribution is -0.119. The molecule has 1 aliphatic rings. The highest BCUT2D eigenvalue weighted by Gasteiger charge is 2.16. The lowest BCUT2D eigenvalue weighted by Crippen LogP contribution is -2.37. The van der Waals surface area contributed by atoms with E-state index >= 15 is 0 Å². The molecule has 2 aromatic carbocycles. The van der Waals surface area contributed by atoms with Crippen molar-refractivity contribution < 1.29 is 4.79 Å². The van der Waals surface area contributed by atoms with E-state index in [1.165, 1.54) is 36.6 Å². The summed E-state index contributed by atoms with van der Waals surface area (Å²) in [5.41, 5.74) is 2.11. The van der Waals surface area contributed by atoms with E-state index in [9.17, 15) is 4.79 Å². The summed E-state index contributed by atoms with van der Waals surface area (Å²) in [6.07, 6.45) is 6.63. The van der Waals surface area contributed by atoms with Crippen LogP contribution in [0.5, 0.6) is 0 Å². The van der Waals surface area contributed by atoms with Gasteiger partial charge in [-0.15, -0.1) is 0 Å². The van der Waals surface area contributed by atoms with Gasteiger partial charge in [-0.2, -0.15) is 0 Å². The van der Waals surface area contributed by atoms with Crippen LogP contribution < -0.4 is 5.32 Å².